The predicted molar refractivity (Wildman–Crippen MR) is 67.6 cm³/mol. The molecule has 2 aliphatic rings. The first-order chi connectivity index (χ1) is 8.22. The quantitative estimate of drug-likeness (QED) is 0.727. The highest BCUT2D eigenvalue weighted by Crippen LogP contribution is 2.26. The van der Waals surface area contributed by atoms with E-state index in [0.29, 0.717) is 12.2 Å². The van der Waals surface area contributed by atoms with Crippen molar-refractivity contribution in [3.8, 4) is 0 Å². The van der Waals surface area contributed by atoms with E-state index < -0.39 is 0 Å². The zero-order chi connectivity index (χ0) is 11.8. The van der Waals surface area contributed by atoms with Gasteiger partial charge in [-0.1, -0.05) is 17.7 Å². The maximum atomic E-state index is 5.34. The first kappa shape index (κ1) is 11.1. The van der Waals surface area contributed by atoms with E-state index in [-0.39, 0.29) is 0 Å². The Hall–Kier alpha value is -1.06. The van der Waals surface area contributed by atoms with Gasteiger partial charge in [0.05, 0.1) is 25.4 Å². The van der Waals surface area contributed by atoms with Gasteiger partial charge in [0, 0.05) is 18.8 Å². The van der Waals surface area contributed by atoms with Crippen LogP contribution in [0, 0.1) is 13.8 Å². The molecule has 0 aromatic heterocycles. The second kappa shape index (κ2) is 4.31. The van der Waals surface area contributed by atoms with Crippen LogP contribution >= 0.6 is 0 Å². The number of ether oxygens (including phenoxy) is 2. The van der Waals surface area contributed by atoms with Crippen LogP contribution < -0.4 is 4.90 Å². The van der Waals surface area contributed by atoms with Gasteiger partial charge in [-0.05, 0) is 25.5 Å². The Morgan fingerprint density at radius 1 is 1.12 bits per heavy atom. The topological polar surface area (TPSA) is 28.3 Å². The maximum absolute atomic E-state index is 5.34. The zero-order valence-corrected chi connectivity index (χ0v) is 10.5. The highest BCUT2D eigenvalue weighted by molar-refractivity contribution is 5.54. The van der Waals surface area contributed by atoms with Gasteiger partial charge in [0.25, 0.3) is 0 Å². The van der Waals surface area contributed by atoms with Gasteiger partial charge in [-0.3, -0.25) is 0 Å². The SMILES string of the molecule is Cc1ccc(N(CC2CO2)CC2CO2)c(C)c1. The fraction of sp³-hybridized carbons (Fsp3) is 0.571. The number of nitrogens with zero attached hydrogens (tertiary/aromatic N) is 1. The summed E-state index contributed by atoms with van der Waals surface area (Å²) in [4.78, 5) is 2.41. The Balaban J connectivity index is 1.78. The fourth-order valence-corrected chi connectivity index (χ4v) is 2.27. The van der Waals surface area contributed by atoms with E-state index in [0.717, 1.165) is 26.3 Å². The average Bonchev–Trinajstić information content (AvgIpc) is 3.11. The van der Waals surface area contributed by atoms with Gasteiger partial charge in [-0.15, -0.1) is 0 Å². The van der Waals surface area contributed by atoms with E-state index in [1.807, 2.05) is 0 Å². The summed E-state index contributed by atoms with van der Waals surface area (Å²) in [6, 6.07) is 6.64. The van der Waals surface area contributed by atoms with Crippen molar-refractivity contribution in [1.29, 1.82) is 0 Å². The number of hydrogen-bond acceptors (Lipinski definition) is 3. The molecule has 2 atom stereocenters. The lowest BCUT2D eigenvalue weighted by atomic mass is 10.1. The van der Waals surface area contributed by atoms with Crippen LogP contribution in [0.5, 0.6) is 0 Å². The molecule has 1 aromatic rings. The molecule has 92 valence electrons. The Kier molecular flexibility index (Phi) is 2.81. The summed E-state index contributed by atoms with van der Waals surface area (Å²) in [6.45, 7) is 8.11. The second-order valence-corrected chi connectivity index (χ2v) is 5.11. The molecule has 0 spiro atoms. The number of benzene rings is 1. The minimum absolute atomic E-state index is 0.425. The van der Waals surface area contributed by atoms with Crippen molar-refractivity contribution in [2.45, 2.75) is 26.1 Å². The molecule has 17 heavy (non-hydrogen) atoms. The smallest absolute Gasteiger partial charge is 0.0984 e. The maximum Gasteiger partial charge on any atom is 0.0984 e. The molecule has 0 radical (unpaired) electrons. The van der Waals surface area contributed by atoms with Gasteiger partial charge >= 0.3 is 0 Å². The van der Waals surface area contributed by atoms with Crippen molar-refractivity contribution in [1.82, 2.24) is 0 Å². The van der Waals surface area contributed by atoms with Gasteiger partial charge in [0.1, 0.15) is 0 Å². The van der Waals surface area contributed by atoms with Crippen LogP contribution in [0.15, 0.2) is 18.2 Å². The summed E-state index contributed by atoms with van der Waals surface area (Å²) in [6.07, 6.45) is 0.851. The number of anilines is 1. The average molecular weight is 233 g/mol. The molecule has 1 aromatic carbocycles. The Morgan fingerprint density at radius 2 is 1.71 bits per heavy atom. The van der Waals surface area contributed by atoms with Gasteiger partial charge in [-0.25, -0.2) is 0 Å². The molecule has 2 heterocycles. The molecule has 2 fully saturated rings. The molecular weight excluding hydrogens is 214 g/mol. The number of rotatable bonds is 5. The standard InChI is InChI=1S/C14H19NO2/c1-10-3-4-14(11(2)5-10)15(6-12-8-16-12)7-13-9-17-13/h3-5,12-13H,6-9H2,1-2H3. The molecule has 3 heteroatoms. The van der Waals surface area contributed by atoms with E-state index in [9.17, 15) is 0 Å². The van der Waals surface area contributed by atoms with Gasteiger partial charge < -0.3 is 14.4 Å². The van der Waals surface area contributed by atoms with Crippen LogP contribution in [0.1, 0.15) is 11.1 Å². The van der Waals surface area contributed by atoms with E-state index in [1.165, 1.54) is 16.8 Å². The molecule has 0 N–H and O–H groups in total. The Bertz CT molecular complexity index is 397. The second-order valence-electron chi connectivity index (χ2n) is 5.11. The van der Waals surface area contributed by atoms with Crippen molar-refractivity contribution in [3.63, 3.8) is 0 Å². The summed E-state index contributed by atoms with van der Waals surface area (Å²) in [5.74, 6) is 0. The van der Waals surface area contributed by atoms with E-state index in [2.05, 4.69) is 36.9 Å². The minimum atomic E-state index is 0.425. The molecule has 0 bridgehead atoms. The largest absolute Gasteiger partial charge is 0.371 e. The summed E-state index contributed by atoms with van der Waals surface area (Å²) >= 11 is 0. The molecule has 2 unspecified atom stereocenters. The first-order valence-corrected chi connectivity index (χ1v) is 6.28. The number of hydrogen-bond donors (Lipinski definition) is 0. The summed E-state index contributed by atoms with van der Waals surface area (Å²) in [7, 11) is 0. The van der Waals surface area contributed by atoms with Crippen molar-refractivity contribution < 1.29 is 9.47 Å². The zero-order valence-electron chi connectivity index (χ0n) is 10.5. The normalized spacial score (nSPS) is 25.8. The highest BCUT2D eigenvalue weighted by Gasteiger charge is 2.31. The third-order valence-corrected chi connectivity index (χ3v) is 3.35. The molecule has 2 saturated heterocycles. The molecule has 0 saturated carbocycles. The molecule has 3 rings (SSSR count). The van der Waals surface area contributed by atoms with Crippen LogP contribution in [0.25, 0.3) is 0 Å². The minimum Gasteiger partial charge on any atom is -0.371 e. The summed E-state index contributed by atoms with van der Waals surface area (Å²) in [5, 5.41) is 0. The molecular formula is C14H19NO2. The predicted octanol–water partition coefficient (Wildman–Crippen LogP) is 1.91. The van der Waals surface area contributed by atoms with Crippen LogP contribution in [0.4, 0.5) is 5.69 Å². The lowest BCUT2D eigenvalue weighted by Crippen LogP contribution is -2.32. The third-order valence-electron chi connectivity index (χ3n) is 3.35. The van der Waals surface area contributed by atoms with Crippen LogP contribution in [0.3, 0.4) is 0 Å². The van der Waals surface area contributed by atoms with Crippen LogP contribution in [-0.4, -0.2) is 38.5 Å². The van der Waals surface area contributed by atoms with Crippen molar-refractivity contribution >= 4 is 5.69 Å². The van der Waals surface area contributed by atoms with Crippen LogP contribution in [-0.2, 0) is 9.47 Å². The Morgan fingerprint density at radius 3 is 2.18 bits per heavy atom. The number of epoxide rings is 2. The van der Waals surface area contributed by atoms with E-state index >= 15 is 0 Å². The molecule has 0 amide bonds. The van der Waals surface area contributed by atoms with Crippen LogP contribution in [0.2, 0.25) is 0 Å². The molecule has 0 aliphatic carbocycles. The van der Waals surface area contributed by atoms with Crippen molar-refractivity contribution in [2.75, 3.05) is 31.2 Å². The molecule has 3 nitrogen and oxygen atoms in total. The monoisotopic (exact) mass is 233 g/mol. The summed E-state index contributed by atoms with van der Waals surface area (Å²) in [5.41, 5.74) is 3.98. The lowest BCUT2D eigenvalue weighted by Gasteiger charge is -2.25. The first-order valence-electron chi connectivity index (χ1n) is 6.28. The number of aryl methyl sites for hydroxylation is 2. The van der Waals surface area contributed by atoms with Crippen molar-refractivity contribution in [3.05, 3.63) is 29.3 Å². The fourth-order valence-electron chi connectivity index (χ4n) is 2.27. The van der Waals surface area contributed by atoms with Gasteiger partial charge in [0.15, 0.2) is 0 Å². The van der Waals surface area contributed by atoms with E-state index in [1.54, 1.807) is 0 Å². The van der Waals surface area contributed by atoms with E-state index in [4.69, 9.17) is 9.47 Å². The Labute approximate surface area is 102 Å². The molecule has 2 aliphatic heterocycles. The van der Waals surface area contributed by atoms with Gasteiger partial charge in [-0.2, -0.15) is 0 Å². The third kappa shape index (κ3) is 2.79. The van der Waals surface area contributed by atoms with Crippen molar-refractivity contribution in [2.24, 2.45) is 0 Å². The van der Waals surface area contributed by atoms with Gasteiger partial charge in [0.2, 0.25) is 0 Å². The summed E-state index contributed by atoms with van der Waals surface area (Å²) < 4.78 is 10.7. The highest BCUT2D eigenvalue weighted by atomic mass is 16.6. The lowest BCUT2D eigenvalue weighted by molar-refractivity contribution is 0.389.